The highest BCUT2D eigenvalue weighted by Gasteiger charge is 2.11. The number of methoxy groups -OCH3 is 2. The maximum Gasteiger partial charge on any atom is 0.226 e. The molecule has 0 radical (unpaired) electrons. The van der Waals surface area contributed by atoms with Crippen LogP contribution in [0.2, 0.25) is 0 Å². The number of rotatable bonds is 9. The molecule has 0 saturated heterocycles. The lowest BCUT2D eigenvalue weighted by Crippen LogP contribution is -2.29. The normalized spacial score (nSPS) is 10.3. The zero-order valence-corrected chi connectivity index (χ0v) is 14.6. The molecule has 21 heavy (non-hydrogen) atoms. The van der Waals surface area contributed by atoms with Gasteiger partial charge in [0.25, 0.3) is 0 Å². The molecule has 0 heterocycles. The standard InChI is InChI=1S/C16H24BrNO3/c1-18(10-6-4-5-9-17)16(19)12-13-7-8-14(20-2)15(11-13)21-3/h7-8,11H,4-6,9-10,12H2,1-3H3. The highest BCUT2D eigenvalue weighted by molar-refractivity contribution is 9.09. The molecule has 4 nitrogen and oxygen atoms in total. The maximum absolute atomic E-state index is 12.2. The number of ether oxygens (including phenoxy) is 2. The second-order valence-electron chi connectivity index (χ2n) is 4.93. The Bertz CT molecular complexity index is 451. The van der Waals surface area contributed by atoms with Gasteiger partial charge in [-0.25, -0.2) is 0 Å². The molecule has 118 valence electrons. The molecule has 0 atom stereocenters. The van der Waals surface area contributed by atoms with Crippen molar-refractivity contribution in [3.05, 3.63) is 23.8 Å². The van der Waals surface area contributed by atoms with E-state index in [1.54, 1.807) is 19.1 Å². The average Bonchev–Trinajstić information content (AvgIpc) is 2.51. The number of amides is 1. The van der Waals surface area contributed by atoms with Crippen molar-refractivity contribution in [3.63, 3.8) is 0 Å². The number of nitrogens with zero attached hydrogens (tertiary/aromatic N) is 1. The van der Waals surface area contributed by atoms with Gasteiger partial charge in [0.15, 0.2) is 11.5 Å². The Labute approximate surface area is 135 Å². The van der Waals surface area contributed by atoms with Crippen LogP contribution < -0.4 is 9.47 Å². The minimum Gasteiger partial charge on any atom is -0.493 e. The highest BCUT2D eigenvalue weighted by Crippen LogP contribution is 2.27. The molecule has 0 fully saturated rings. The second kappa shape index (κ2) is 9.66. The van der Waals surface area contributed by atoms with Gasteiger partial charge in [0.05, 0.1) is 20.6 Å². The first-order valence-corrected chi connectivity index (χ1v) is 8.25. The van der Waals surface area contributed by atoms with Gasteiger partial charge in [0.1, 0.15) is 0 Å². The molecule has 0 spiro atoms. The van der Waals surface area contributed by atoms with Crippen molar-refractivity contribution in [2.45, 2.75) is 25.7 Å². The molecule has 5 heteroatoms. The molecular formula is C16H24BrNO3. The van der Waals surface area contributed by atoms with Gasteiger partial charge in [-0.05, 0) is 30.5 Å². The minimum atomic E-state index is 0.126. The first kappa shape index (κ1) is 17.8. The van der Waals surface area contributed by atoms with Crippen molar-refractivity contribution < 1.29 is 14.3 Å². The third kappa shape index (κ3) is 5.96. The zero-order chi connectivity index (χ0) is 15.7. The number of halogens is 1. The quantitative estimate of drug-likeness (QED) is 0.502. The van der Waals surface area contributed by atoms with Crippen LogP contribution in [0.25, 0.3) is 0 Å². The summed E-state index contributed by atoms with van der Waals surface area (Å²) in [5, 5.41) is 1.02. The van der Waals surface area contributed by atoms with E-state index in [1.165, 1.54) is 0 Å². The number of hydrogen-bond acceptors (Lipinski definition) is 3. The Balaban J connectivity index is 2.53. The molecule has 0 aliphatic carbocycles. The van der Waals surface area contributed by atoms with Crippen molar-refractivity contribution in [3.8, 4) is 11.5 Å². The Morgan fingerprint density at radius 3 is 2.48 bits per heavy atom. The van der Waals surface area contributed by atoms with E-state index in [0.29, 0.717) is 17.9 Å². The van der Waals surface area contributed by atoms with E-state index in [9.17, 15) is 4.79 Å². The zero-order valence-electron chi connectivity index (χ0n) is 13.0. The summed E-state index contributed by atoms with van der Waals surface area (Å²) in [4.78, 5) is 14.0. The largest absolute Gasteiger partial charge is 0.493 e. The monoisotopic (exact) mass is 357 g/mol. The Kier molecular flexibility index (Phi) is 8.20. The van der Waals surface area contributed by atoms with E-state index in [2.05, 4.69) is 15.9 Å². The first-order valence-electron chi connectivity index (χ1n) is 7.13. The van der Waals surface area contributed by atoms with Gasteiger partial charge in [-0.3, -0.25) is 4.79 Å². The third-order valence-electron chi connectivity index (χ3n) is 3.36. The Hall–Kier alpha value is -1.23. The molecule has 1 aromatic carbocycles. The lowest BCUT2D eigenvalue weighted by atomic mass is 10.1. The molecular weight excluding hydrogens is 334 g/mol. The van der Waals surface area contributed by atoms with Gasteiger partial charge in [0, 0.05) is 18.9 Å². The summed E-state index contributed by atoms with van der Waals surface area (Å²) in [6, 6.07) is 5.59. The minimum absolute atomic E-state index is 0.126. The number of likely N-dealkylation sites (N-methyl/N-ethyl adjacent to an activating group) is 1. The van der Waals surface area contributed by atoms with Crippen LogP contribution in [0.1, 0.15) is 24.8 Å². The summed E-state index contributed by atoms with van der Waals surface area (Å²) < 4.78 is 10.5. The van der Waals surface area contributed by atoms with Crippen LogP contribution in [0.4, 0.5) is 0 Å². The number of carbonyl (C=O) groups is 1. The molecule has 1 aromatic rings. The van der Waals surface area contributed by atoms with E-state index < -0.39 is 0 Å². The number of unbranched alkanes of at least 4 members (excludes halogenated alkanes) is 2. The van der Waals surface area contributed by atoms with Crippen molar-refractivity contribution in [2.24, 2.45) is 0 Å². The third-order valence-corrected chi connectivity index (χ3v) is 3.92. The SMILES string of the molecule is COc1ccc(CC(=O)N(C)CCCCCBr)cc1OC. The summed E-state index contributed by atoms with van der Waals surface area (Å²) in [5.41, 5.74) is 0.935. The van der Waals surface area contributed by atoms with Crippen LogP contribution in [-0.2, 0) is 11.2 Å². The van der Waals surface area contributed by atoms with Crippen LogP contribution in [0.5, 0.6) is 11.5 Å². The summed E-state index contributed by atoms with van der Waals surface area (Å²) in [7, 11) is 5.06. The van der Waals surface area contributed by atoms with Crippen LogP contribution in [0, 0.1) is 0 Å². The lowest BCUT2D eigenvalue weighted by Gasteiger charge is -2.17. The van der Waals surface area contributed by atoms with Gasteiger partial charge in [-0.15, -0.1) is 0 Å². The highest BCUT2D eigenvalue weighted by atomic mass is 79.9. The molecule has 1 amide bonds. The van der Waals surface area contributed by atoms with Crippen LogP contribution >= 0.6 is 15.9 Å². The van der Waals surface area contributed by atoms with Crippen molar-refractivity contribution in [2.75, 3.05) is 33.1 Å². The molecule has 0 N–H and O–H groups in total. The average molecular weight is 358 g/mol. The number of alkyl halides is 1. The van der Waals surface area contributed by atoms with Gasteiger partial charge >= 0.3 is 0 Å². The topological polar surface area (TPSA) is 38.8 Å². The molecule has 1 rings (SSSR count). The summed E-state index contributed by atoms with van der Waals surface area (Å²) in [5.74, 6) is 1.46. The second-order valence-corrected chi connectivity index (χ2v) is 5.72. The molecule has 0 aliphatic rings. The van der Waals surface area contributed by atoms with Gasteiger partial charge in [-0.2, -0.15) is 0 Å². The van der Waals surface area contributed by atoms with Crippen molar-refractivity contribution in [1.29, 1.82) is 0 Å². The molecule has 0 unspecified atom stereocenters. The van der Waals surface area contributed by atoms with Gasteiger partial charge < -0.3 is 14.4 Å². The summed E-state index contributed by atoms with van der Waals surface area (Å²) in [6.07, 6.45) is 3.71. The van der Waals surface area contributed by atoms with E-state index in [0.717, 1.165) is 36.7 Å². The van der Waals surface area contributed by atoms with E-state index in [-0.39, 0.29) is 5.91 Å². The predicted molar refractivity (Wildman–Crippen MR) is 88.5 cm³/mol. The summed E-state index contributed by atoms with van der Waals surface area (Å²) in [6.45, 7) is 0.805. The van der Waals surface area contributed by atoms with Crippen molar-refractivity contribution >= 4 is 21.8 Å². The van der Waals surface area contributed by atoms with Crippen LogP contribution in [0.15, 0.2) is 18.2 Å². The van der Waals surface area contributed by atoms with Crippen LogP contribution in [0.3, 0.4) is 0 Å². The maximum atomic E-state index is 12.2. The number of hydrogen-bond donors (Lipinski definition) is 0. The van der Waals surface area contributed by atoms with Gasteiger partial charge in [-0.1, -0.05) is 28.4 Å². The van der Waals surface area contributed by atoms with Gasteiger partial charge in [0.2, 0.25) is 5.91 Å². The van der Waals surface area contributed by atoms with E-state index in [1.807, 2.05) is 25.2 Å². The lowest BCUT2D eigenvalue weighted by molar-refractivity contribution is -0.129. The number of benzene rings is 1. The summed E-state index contributed by atoms with van der Waals surface area (Å²) >= 11 is 3.41. The fourth-order valence-electron chi connectivity index (χ4n) is 2.05. The first-order chi connectivity index (χ1) is 10.1. The fourth-order valence-corrected chi connectivity index (χ4v) is 2.44. The van der Waals surface area contributed by atoms with E-state index >= 15 is 0 Å². The fraction of sp³-hybridized carbons (Fsp3) is 0.562. The smallest absolute Gasteiger partial charge is 0.226 e. The van der Waals surface area contributed by atoms with Crippen LogP contribution in [-0.4, -0.2) is 43.9 Å². The molecule has 0 bridgehead atoms. The number of carbonyl (C=O) groups excluding carboxylic acids is 1. The van der Waals surface area contributed by atoms with Crippen molar-refractivity contribution in [1.82, 2.24) is 4.90 Å². The Morgan fingerprint density at radius 1 is 1.14 bits per heavy atom. The van der Waals surface area contributed by atoms with E-state index in [4.69, 9.17) is 9.47 Å². The predicted octanol–water partition coefficient (Wildman–Crippen LogP) is 3.27. The molecule has 0 aliphatic heterocycles. The molecule has 0 saturated carbocycles. The Morgan fingerprint density at radius 2 is 1.86 bits per heavy atom. The molecule has 0 aromatic heterocycles.